The van der Waals surface area contributed by atoms with E-state index in [0.717, 1.165) is 50.5 Å². The van der Waals surface area contributed by atoms with Crippen molar-refractivity contribution in [3.63, 3.8) is 0 Å². The molecular weight excluding hydrogens is 374 g/mol. The molecule has 5 nitrogen and oxygen atoms in total. The Hall–Kier alpha value is -2.37. The summed E-state index contributed by atoms with van der Waals surface area (Å²) in [5, 5.41) is 2.94. The van der Waals surface area contributed by atoms with Crippen molar-refractivity contribution in [2.24, 2.45) is 0 Å². The van der Waals surface area contributed by atoms with Gasteiger partial charge in [0, 0.05) is 50.9 Å². The Balaban J connectivity index is 1.07. The highest BCUT2D eigenvalue weighted by molar-refractivity contribution is 5.94. The minimum atomic E-state index is 0.0977. The summed E-state index contributed by atoms with van der Waals surface area (Å²) < 4.78 is 5.90. The van der Waals surface area contributed by atoms with Crippen LogP contribution >= 0.6 is 0 Å². The summed E-state index contributed by atoms with van der Waals surface area (Å²) >= 11 is 0. The Morgan fingerprint density at radius 3 is 2.50 bits per heavy atom. The molecule has 160 valence electrons. The van der Waals surface area contributed by atoms with E-state index in [4.69, 9.17) is 4.74 Å². The summed E-state index contributed by atoms with van der Waals surface area (Å²) in [6, 6.07) is 16.8. The average molecular weight is 408 g/mol. The summed E-state index contributed by atoms with van der Waals surface area (Å²) in [4.78, 5) is 16.7. The molecule has 0 saturated carbocycles. The van der Waals surface area contributed by atoms with E-state index in [1.54, 1.807) is 0 Å². The van der Waals surface area contributed by atoms with Crippen molar-refractivity contribution in [1.82, 2.24) is 9.80 Å². The Bertz CT molecular complexity index is 816. The van der Waals surface area contributed by atoms with Crippen molar-refractivity contribution in [3.05, 3.63) is 59.7 Å². The molecule has 2 aromatic rings. The number of carbonyl (C=O) groups is 1. The molecule has 1 fully saturated rings. The second-order valence-electron chi connectivity index (χ2n) is 8.38. The Morgan fingerprint density at radius 1 is 0.867 bits per heavy atom. The van der Waals surface area contributed by atoms with Gasteiger partial charge in [0.05, 0.1) is 6.61 Å². The van der Waals surface area contributed by atoms with E-state index in [2.05, 4.69) is 51.5 Å². The van der Waals surface area contributed by atoms with E-state index in [-0.39, 0.29) is 5.91 Å². The number of anilines is 1. The number of hydrogen-bond donors (Lipinski definition) is 1. The van der Waals surface area contributed by atoms with Crippen LogP contribution < -0.4 is 10.1 Å². The molecule has 2 aromatic carbocycles. The lowest BCUT2D eigenvalue weighted by atomic mass is 10.0. The molecule has 1 amide bonds. The molecule has 1 N–H and O–H groups in total. The second kappa shape index (κ2) is 10.6. The summed E-state index contributed by atoms with van der Waals surface area (Å²) in [6.07, 6.45) is 4.88. The quantitative estimate of drug-likeness (QED) is 0.640. The van der Waals surface area contributed by atoms with Crippen LogP contribution in [-0.4, -0.2) is 55.0 Å². The van der Waals surface area contributed by atoms with Gasteiger partial charge in [-0.2, -0.15) is 0 Å². The number of piperazine rings is 1. The molecule has 0 aromatic heterocycles. The van der Waals surface area contributed by atoms with Gasteiger partial charge < -0.3 is 15.0 Å². The number of unbranched alkanes of at least 4 members (excludes halogenated alkanes) is 2. The Morgan fingerprint density at radius 2 is 1.67 bits per heavy atom. The van der Waals surface area contributed by atoms with Gasteiger partial charge in [-0.1, -0.05) is 36.4 Å². The second-order valence-corrected chi connectivity index (χ2v) is 8.38. The lowest BCUT2D eigenvalue weighted by Crippen LogP contribution is -2.46. The number of nitrogens with zero attached hydrogens (tertiary/aromatic N) is 2. The molecule has 2 aliphatic rings. The number of fused-ring (bicyclic) bond motifs is 1. The van der Waals surface area contributed by atoms with Gasteiger partial charge in [0.15, 0.2) is 0 Å². The first-order chi connectivity index (χ1) is 14.8. The molecule has 0 bridgehead atoms. The first kappa shape index (κ1) is 20.9. The fourth-order valence-electron chi connectivity index (χ4n) is 4.26. The van der Waals surface area contributed by atoms with Crippen molar-refractivity contribution >= 4 is 11.6 Å². The van der Waals surface area contributed by atoms with Crippen molar-refractivity contribution in [1.29, 1.82) is 0 Å². The van der Waals surface area contributed by atoms with Crippen LogP contribution in [-0.2, 0) is 17.8 Å². The van der Waals surface area contributed by atoms with Gasteiger partial charge in [0.1, 0.15) is 5.75 Å². The van der Waals surface area contributed by atoms with Crippen LogP contribution in [0, 0.1) is 0 Å². The van der Waals surface area contributed by atoms with Gasteiger partial charge in [0.2, 0.25) is 5.91 Å². The predicted octanol–water partition coefficient (Wildman–Crippen LogP) is 3.94. The third-order valence-electron chi connectivity index (χ3n) is 6.08. The van der Waals surface area contributed by atoms with Crippen molar-refractivity contribution in [2.75, 3.05) is 44.6 Å². The molecule has 2 aliphatic heterocycles. The fourth-order valence-corrected chi connectivity index (χ4v) is 4.26. The monoisotopic (exact) mass is 407 g/mol. The largest absolute Gasteiger partial charge is 0.494 e. The topological polar surface area (TPSA) is 44.8 Å². The van der Waals surface area contributed by atoms with Gasteiger partial charge in [-0.15, -0.1) is 0 Å². The van der Waals surface area contributed by atoms with Gasteiger partial charge in [-0.05, 0) is 49.4 Å². The number of benzene rings is 2. The highest BCUT2D eigenvalue weighted by Gasteiger charge is 2.17. The normalized spacial score (nSPS) is 17.4. The van der Waals surface area contributed by atoms with Gasteiger partial charge in [-0.3, -0.25) is 9.69 Å². The third-order valence-corrected chi connectivity index (χ3v) is 6.08. The van der Waals surface area contributed by atoms with Crippen molar-refractivity contribution < 1.29 is 9.53 Å². The molecule has 4 rings (SSSR count). The first-order valence-electron chi connectivity index (χ1n) is 11.3. The molecule has 30 heavy (non-hydrogen) atoms. The maximum absolute atomic E-state index is 11.5. The van der Waals surface area contributed by atoms with Crippen LogP contribution in [0.15, 0.2) is 48.5 Å². The highest BCUT2D eigenvalue weighted by atomic mass is 16.5. The zero-order valence-electron chi connectivity index (χ0n) is 17.8. The minimum Gasteiger partial charge on any atom is -0.494 e. The number of hydrogen-bond acceptors (Lipinski definition) is 4. The summed E-state index contributed by atoms with van der Waals surface area (Å²) in [7, 11) is 0. The third kappa shape index (κ3) is 6.07. The van der Waals surface area contributed by atoms with E-state index in [1.165, 1.54) is 43.6 Å². The van der Waals surface area contributed by atoms with E-state index >= 15 is 0 Å². The standard InChI is InChI=1S/C25H33N3O2/c29-25-12-10-22-9-11-23(19-24(22)26-25)30-18-6-2-5-13-27-14-16-28(17-15-27)20-21-7-3-1-4-8-21/h1,3-4,7-9,11,19H,2,5-6,10,12-18,20H2,(H,26,29). The average Bonchev–Trinajstić information content (AvgIpc) is 2.77. The SMILES string of the molecule is O=C1CCc2ccc(OCCCCCN3CCN(Cc4ccccc4)CC3)cc2N1. The zero-order chi connectivity index (χ0) is 20.6. The fraction of sp³-hybridized carbons (Fsp3) is 0.480. The molecule has 0 unspecified atom stereocenters. The van der Waals surface area contributed by atoms with E-state index < -0.39 is 0 Å². The number of nitrogens with one attached hydrogen (secondary N) is 1. The van der Waals surface area contributed by atoms with Crippen LogP contribution in [0.4, 0.5) is 5.69 Å². The summed E-state index contributed by atoms with van der Waals surface area (Å²) in [5.41, 5.74) is 3.52. The minimum absolute atomic E-state index is 0.0977. The van der Waals surface area contributed by atoms with Gasteiger partial charge in [-0.25, -0.2) is 0 Å². The highest BCUT2D eigenvalue weighted by Crippen LogP contribution is 2.27. The zero-order valence-corrected chi connectivity index (χ0v) is 17.8. The van der Waals surface area contributed by atoms with Crippen LogP contribution in [0.2, 0.25) is 0 Å². The van der Waals surface area contributed by atoms with Gasteiger partial charge >= 0.3 is 0 Å². The molecule has 2 heterocycles. The molecule has 0 aliphatic carbocycles. The lowest BCUT2D eigenvalue weighted by Gasteiger charge is -2.34. The molecule has 0 atom stereocenters. The maximum atomic E-state index is 11.5. The molecule has 1 saturated heterocycles. The maximum Gasteiger partial charge on any atom is 0.224 e. The van der Waals surface area contributed by atoms with Gasteiger partial charge in [0.25, 0.3) is 0 Å². The van der Waals surface area contributed by atoms with Crippen LogP contribution in [0.25, 0.3) is 0 Å². The number of ether oxygens (including phenoxy) is 1. The summed E-state index contributed by atoms with van der Waals surface area (Å²) in [6.45, 7) is 7.65. The first-order valence-corrected chi connectivity index (χ1v) is 11.3. The number of aryl methyl sites for hydroxylation is 1. The molecular formula is C25H33N3O2. The van der Waals surface area contributed by atoms with Crippen molar-refractivity contribution in [2.45, 2.75) is 38.6 Å². The smallest absolute Gasteiger partial charge is 0.224 e. The molecule has 5 heteroatoms. The van der Waals surface area contributed by atoms with E-state index in [9.17, 15) is 4.79 Å². The van der Waals surface area contributed by atoms with E-state index in [1.807, 2.05) is 12.1 Å². The summed E-state index contributed by atoms with van der Waals surface area (Å²) in [5.74, 6) is 0.950. The lowest BCUT2D eigenvalue weighted by molar-refractivity contribution is -0.116. The van der Waals surface area contributed by atoms with Crippen LogP contribution in [0.1, 0.15) is 36.8 Å². The Kier molecular flexibility index (Phi) is 7.38. The van der Waals surface area contributed by atoms with Crippen LogP contribution in [0.3, 0.4) is 0 Å². The van der Waals surface area contributed by atoms with E-state index in [0.29, 0.717) is 6.42 Å². The number of amides is 1. The Labute approximate surface area is 180 Å². The molecule has 0 radical (unpaired) electrons. The van der Waals surface area contributed by atoms with Crippen LogP contribution in [0.5, 0.6) is 5.75 Å². The van der Waals surface area contributed by atoms with Crippen molar-refractivity contribution in [3.8, 4) is 5.75 Å². The molecule has 0 spiro atoms. The number of carbonyl (C=O) groups excluding carboxylic acids is 1. The number of rotatable bonds is 9. The predicted molar refractivity (Wildman–Crippen MR) is 121 cm³/mol.